The van der Waals surface area contributed by atoms with E-state index in [1.807, 2.05) is 0 Å². The lowest BCUT2D eigenvalue weighted by Crippen LogP contribution is -2.53. The van der Waals surface area contributed by atoms with Crippen LogP contribution < -0.4 is 0 Å². The lowest BCUT2D eigenvalue weighted by Gasteiger charge is -2.54. The maximum absolute atomic E-state index is 9.98. The van der Waals surface area contributed by atoms with Gasteiger partial charge in [0.05, 0.1) is 0 Å². The SMILES string of the molecule is CC1(CO)C2CC(C3C4C=CC(C4)C32)C1(C)CO. The molecule has 4 aliphatic rings. The fraction of sp³-hybridized carbons (Fsp3) is 0.875. The molecule has 0 radical (unpaired) electrons. The fourth-order valence-corrected chi connectivity index (χ4v) is 6.43. The molecule has 3 fully saturated rings. The first-order chi connectivity index (χ1) is 8.56. The first kappa shape index (κ1) is 11.5. The Morgan fingerprint density at radius 3 is 1.72 bits per heavy atom. The zero-order valence-corrected chi connectivity index (χ0v) is 11.3. The van der Waals surface area contributed by atoms with Crippen LogP contribution in [-0.4, -0.2) is 23.4 Å². The summed E-state index contributed by atoms with van der Waals surface area (Å²) in [4.78, 5) is 0. The summed E-state index contributed by atoms with van der Waals surface area (Å²) in [7, 11) is 0. The second kappa shape index (κ2) is 3.21. The predicted molar refractivity (Wildman–Crippen MR) is 69.7 cm³/mol. The van der Waals surface area contributed by atoms with Crippen LogP contribution in [0.25, 0.3) is 0 Å². The molecule has 2 heteroatoms. The van der Waals surface area contributed by atoms with Crippen LogP contribution in [-0.2, 0) is 0 Å². The normalized spacial score (nSPS) is 63.8. The minimum absolute atomic E-state index is 0.0775. The van der Waals surface area contributed by atoms with Gasteiger partial charge in [0.2, 0.25) is 0 Å². The maximum atomic E-state index is 9.98. The van der Waals surface area contributed by atoms with Gasteiger partial charge in [0.1, 0.15) is 0 Å². The summed E-state index contributed by atoms with van der Waals surface area (Å²) < 4.78 is 0. The monoisotopic (exact) mass is 248 g/mol. The molecule has 0 amide bonds. The van der Waals surface area contributed by atoms with Crippen molar-refractivity contribution in [2.75, 3.05) is 13.2 Å². The van der Waals surface area contributed by atoms with Gasteiger partial charge in [-0.05, 0) is 48.3 Å². The topological polar surface area (TPSA) is 40.5 Å². The number of hydrogen-bond donors (Lipinski definition) is 2. The van der Waals surface area contributed by atoms with Gasteiger partial charge in [-0.1, -0.05) is 26.0 Å². The molecule has 0 aromatic rings. The van der Waals surface area contributed by atoms with Crippen LogP contribution in [0.5, 0.6) is 0 Å². The summed E-state index contributed by atoms with van der Waals surface area (Å²) in [5.41, 5.74) is -0.155. The molecule has 2 N–H and O–H groups in total. The van der Waals surface area contributed by atoms with Gasteiger partial charge in [-0.15, -0.1) is 0 Å². The van der Waals surface area contributed by atoms with Crippen molar-refractivity contribution in [2.45, 2.75) is 26.7 Å². The van der Waals surface area contributed by atoms with Crippen LogP contribution in [0.2, 0.25) is 0 Å². The summed E-state index contributed by atoms with van der Waals surface area (Å²) in [5.74, 6) is 4.36. The van der Waals surface area contributed by atoms with Crippen LogP contribution in [0, 0.1) is 46.3 Å². The molecule has 0 heterocycles. The minimum Gasteiger partial charge on any atom is -0.396 e. The van der Waals surface area contributed by atoms with E-state index >= 15 is 0 Å². The minimum atomic E-state index is -0.0775. The molecule has 0 aliphatic heterocycles. The molecule has 8 atom stereocenters. The summed E-state index contributed by atoms with van der Waals surface area (Å²) in [6.07, 6.45) is 7.44. The highest BCUT2D eigenvalue weighted by Gasteiger charge is 2.72. The van der Waals surface area contributed by atoms with E-state index in [0.717, 1.165) is 23.7 Å². The van der Waals surface area contributed by atoms with Crippen molar-refractivity contribution < 1.29 is 10.2 Å². The Bertz CT molecular complexity index is 381. The highest BCUT2D eigenvalue weighted by atomic mass is 16.3. The van der Waals surface area contributed by atoms with E-state index in [0.29, 0.717) is 11.8 Å². The Hall–Kier alpha value is -0.340. The molecule has 4 bridgehead atoms. The third-order valence-corrected chi connectivity index (χ3v) is 7.62. The predicted octanol–water partition coefficient (Wildman–Crippen LogP) is 2.07. The fourth-order valence-electron chi connectivity index (χ4n) is 6.43. The van der Waals surface area contributed by atoms with Gasteiger partial charge in [0.15, 0.2) is 0 Å². The van der Waals surface area contributed by atoms with Gasteiger partial charge in [0, 0.05) is 24.0 Å². The van der Waals surface area contributed by atoms with Crippen molar-refractivity contribution >= 4 is 0 Å². The Morgan fingerprint density at radius 1 is 0.889 bits per heavy atom. The summed E-state index contributed by atoms with van der Waals surface area (Å²) in [6, 6.07) is 0. The van der Waals surface area contributed by atoms with Crippen molar-refractivity contribution in [1.82, 2.24) is 0 Å². The van der Waals surface area contributed by atoms with E-state index in [2.05, 4.69) is 26.0 Å². The molecule has 3 saturated carbocycles. The molecular weight excluding hydrogens is 224 g/mol. The number of rotatable bonds is 2. The molecule has 0 aromatic heterocycles. The Kier molecular flexibility index (Phi) is 2.05. The van der Waals surface area contributed by atoms with Gasteiger partial charge >= 0.3 is 0 Å². The second-order valence-corrected chi connectivity index (χ2v) is 7.70. The van der Waals surface area contributed by atoms with Gasteiger partial charge in [0.25, 0.3) is 0 Å². The van der Waals surface area contributed by atoms with Crippen molar-refractivity contribution in [1.29, 1.82) is 0 Å². The number of fused-ring (bicyclic) bond motifs is 9. The average Bonchev–Trinajstić information content (AvgIpc) is 3.09. The Labute approximate surface area is 109 Å². The number of aliphatic hydroxyl groups excluding tert-OH is 2. The number of hydrogen-bond acceptors (Lipinski definition) is 2. The van der Waals surface area contributed by atoms with Crippen molar-refractivity contribution in [2.24, 2.45) is 46.3 Å². The second-order valence-electron chi connectivity index (χ2n) is 7.70. The summed E-state index contributed by atoms with van der Waals surface area (Å²) in [6.45, 7) is 4.91. The first-order valence-electron chi connectivity index (χ1n) is 7.47. The van der Waals surface area contributed by atoms with E-state index in [1.165, 1.54) is 12.8 Å². The van der Waals surface area contributed by atoms with Crippen LogP contribution in [0.3, 0.4) is 0 Å². The molecule has 0 saturated heterocycles. The van der Waals surface area contributed by atoms with Gasteiger partial charge < -0.3 is 10.2 Å². The molecule has 0 aromatic carbocycles. The van der Waals surface area contributed by atoms with Gasteiger partial charge in [-0.25, -0.2) is 0 Å². The zero-order chi connectivity index (χ0) is 12.7. The molecule has 4 rings (SSSR count). The smallest absolute Gasteiger partial charge is 0.0493 e. The molecule has 2 nitrogen and oxygen atoms in total. The highest BCUT2D eigenvalue weighted by Crippen LogP contribution is 2.75. The molecule has 0 spiro atoms. The molecule has 18 heavy (non-hydrogen) atoms. The van der Waals surface area contributed by atoms with E-state index in [9.17, 15) is 10.2 Å². The van der Waals surface area contributed by atoms with Crippen LogP contribution in [0.1, 0.15) is 26.7 Å². The number of allylic oxidation sites excluding steroid dienone is 2. The van der Waals surface area contributed by atoms with Crippen LogP contribution in [0.15, 0.2) is 12.2 Å². The van der Waals surface area contributed by atoms with E-state index < -0.39 is 0 Å². The largest absolute Gasteiger partial charge is 0.396 e. The quantitative estimate of drug-likeness (QED) is 0.580. The average molecular weight is 248 g/mol. The van der Waals surface area contributed by atoms with Gasteiger partial charge in [-0.2, -0.15) is 0 Å². The van der Waals surface area contributed by atoms with E-state index in [1.54, 1.807) is 0 Å². The highest BCUT2D eigenvalue weighted by molar-refractivity contribution is 5.26. The summed E-state index contributed by atoms with van der Waals surface area (Å²) >= 11 is 0. The van der Waals surface area contributed by atoms with Crippen molar-refractivity contribution in [3.8, 4) is 0 Å². The van der Waals surface area contributed by atoms with Crippen molar-refractivity contribution in [3.05, 3.63) is 12.2 Å². The lowest BCUT2D eigenvalue weighted by molar-refractivity contribution is -0.114. The third-order valence-electron chi connectivity index (χ3n) is 7.62. The molecule has 100 valence electrons. The van der Waals surface area contributed by atoms with Crippen molar-refractivity contribution in [3.63, 3.8) is 0 Å². The molecular formula is C16H24O2. The van der Waals surface area contributed by atoms with E-state index in [4.69, 9.17) is 0 Å². The van der Waals surface area contributed by atoms with Crippen LogP contribution in [0.4, 0.5) is 0 Å². The lowest BCUT2D eigenvalue weighted by atomic mass is 9.51. The standard InChI is InChI=1S/C16H24O2/c1-15(7-17)11-6-12(16(15,2)8-18)14-10-4-3-9(5-10)13(11)14/h3-4,9-14,17-18H,5-8H2,1-2H3. The Balaban J connectivity index is 1.81. The maximum Gasteiger partial charge on any atom is 0.0493 e. The van der Waals surface area contributed by atoms with Crippen LogP contribution >= 0.6 is 0 Å². The molecule has 4 aliphatic carbocycles. The zero-order valence-electron chi connectivity index (χ0n) is 11.3. The summed E-state index contributed by atoms with van der Waals surface area (Å²) in [5, 5.41) is 20.0. The van der Waals surface area contributed by atoms with Gasteiger partial charge in [-0.3, -0.25) is 0 Å². The number of aliphatic hydroxyl groups is 2. The van der Waals surface area contributed by atoms with E-state index in [-0.39, 0.29) is 24.0 Å². The third kappa shape index (κ3) is 0.946. The molecule has 8 unspecified atom stereocenters. The Morgan fingerprint density at radius 2 is 1.33 bits per heavy atom. The first-order valence-corrected chi connectivity index (χ1v) is 7.47.